The fourth-order valence-corrected chi connectivity index (χ4v) is 1.72. The molecule has 2 rings (SSSR count). The van der Waals surface area contributed by atoms with Crippen molar-refractivity contribution in [1.82, 2.24) is 9.97 Å². The standard InChI is InChI=1S/C14H13F2N3O/c1-8-5-3-4-6-10(8)19-14(20)12-7-11(13(15)16)17-9(2)18-12/h3-7,13H,1-2H3,(H,19,20). The summed E-state index contributed by atoms with van der Waals surface area (Å²) in [5.74, 6) is -0.399. The molecule has 4 nitrogen and oxygen atoms in total. The van der Waals surface area contributed by atoms with Crippen LogP contribution in [0.2, 0.25) is 0 Å². The van der Waals surface area contributed by atoms with Gasteiger partial charge in [-0.05, 0) is 31.5 Å². The number of rotatable bonds is 3. The number of benzene rings is 1. The number of halogens is 2. The third kappa shape index (κ3) is 3.14. The van der Waals surface area contributed by atoms with Crippen molar-refractivity contribution in [3.63, 3.8) is 0 Å². The van der Waals surface area contributed by atoms with Gasteiger partial charge >= 0.3 is 0 Å². The van der Waals surface area contributed by atoms with E-state index < -0.39 is 18.0 Å². The lowest BCUT2D eigenvalue weighted by Gasteiger charge is -2.09. The van der Waals surface area contributed by atoms with Crippen LogP contribution in [-0.2, 0) is 0 Å². The largest absolute Gasteiger partial charge is 0.320 e. The third-order valence-corrected chi connectivity index (χ3v) is 2.71. The van der Waals surface area contributed by atoms with Gasteiger partial charge in [-0.2, -0.15) is 0 Å². The topological polar surface area (TPSA) is 54.9 Å². The Morgan fingerprint density at radius 3 is 2.55 bits per heavy atom. The quantitative estimate of drug-likeness (QED) is 0.936. The lowest BCUT2D eigenvalue weighted by Crippen LogP contribution is -2.16. The Balaban J connectivity index is 2.28. The number of para-hydroxylation sites is 1. The van der Waals surface area contributed by atoms with E-state index in [1.807, 2.05) is 19.1 Å². The molecule has 0 fully saturated rings. The van der Waals surface area contributed by atoms with Gasteiger partial charge in [-0.3, -0.25) is 4.79 Å². The summed E-state index contributed by atoms with van der Waals surface area (Å²) < 4.78 is 25.3. The molecule has 0 atom stereocenters. The number of nitrogens with one attached hydrogen (secondary N) is 1. The lowest BCUT2D eigenvalue weighted by molar-refractivity contribution is 0.102. The van der Waals surface area contributed by atoms with Crippen molar-refractivity contribution in [2.75, 3.05) is 5.32 Å². The van der Waals surface area contributed by atoms with Crippen molar-refractivity contribution >= 4 is 11.6 Å². The highest BCUT2D eigenvalue weighted by atomic mass is 19.3. The number of aromatic nitrogens is 2. The van der Waals surface area contributed by atoms with Gasteiger partial charge in [-0.15, -0.1) is 0 Å². The molecule has 0 spiro atoms. The van der Waals surface area contributed by atoms with E-state index in [4.69, 9.17) is 0 Å². The summed E-state index contributed by atoms with van der Waals surface area (Å²) in [6.45, 7) is 3.31. The number of anilines is 1. The Kier molecular flexibility index (Phi) is 4.02. The van der Waals surface area contributed by atoms with Gasteiger partial charge in [0.05, 0.1) is 0 Å². The molecule has 1 amide bonds. The average Bonchev–Trinajstić information content (AvgIpc) is 2.40. The molecule has 1 N–H and O–H groups in total. The summed E-state index contributed by atoms with van der Waals surface area (Å²) in [6, 6.07) is 8.19. The third-order valence-electron chi connectivity index (χ3n) is 2.71. The minimum Gasteiger partial charge on any atom is -0.320 e. The maximum atomic E-state index is 12.7. The Bertz CT molecular complexity index is 644. The SMILES string of the molecule is Cc1nc(C(=O)Nc2ccccc2C)cc(C(F)F)n1. The monoisotopic (exact) mass is 277 g/mol. The number of hydrogen-bond donors (Lipinski definition) is 1. The first-order chi connectivity index (χ1) is 9.47. The Hall–Kier alpha value is -2.37. The second-order valence-corrected chi connectivity index (χ2v) is 4.30. The average molecular weight is 277 g/mol. The van der Waals surface area contributed by atoms with Crippen molar-refractivity contribution in [2.24, 2.45) is 0 Å². The number of carbonyl (C=O) groups excluding carboxylic acids is 1. The van der Waals surface area contributed by atoms with E-state index >= 15 is 0 Å². The summed E-state index contributed by atoms with van der Waals surface area (Å²) in [5, 5.41) is 2.65. The number of alkyl halides is 2. The second-order valence-electron chi connectivity index (χ2n) is 4.30. The number of amides is 1. The maximum Gasteiger partial charge on any atom is 0.280 e. The van der Waals surface area contributed by atoms with Gasteiger partial charge < -0.3 is 5.32 Å². The van der Waals surface area contributed by atoms with Gasteiger partial charge in [0.25, 0.3) is 12.3 Å². The van der Waals surface area contributed by atoms with Crippen LogP contribution in [0.1, 0.15) is 34.0 Å². The van der Waals surface area contributed by atoms with Crippen LogP contribution in [0.15, 0.2) is 30.3 Å². The van der Waals surface area contributed by atoms with E-state index in [-0.39, 0.29) is 11.5 Å². The zero-order chi connectivity index (χ0) is 14.7. The normalized spacial score (nSPS) is 10.7. The zero-order valence-corrected chi connectivity index (χ0v) is 11.0. The van der Waals surface area contributed by atoms with E-state index in [0.717, 1.165) is 11.6 Å². The van der Waals surface area contributed by atoms with Crippen molar-refractivity contribution in [3.05, 3.63) is 53.1 Å². The van der Waals surface area contributed by atoms with Crippen LogP contribution in [0.25, 0.3) is 0 Å². The van der Waals surface area contributed by atoms with Crippen LogP contribution in [0.4, 0.5) is 14.5 Å². The predicted molar refractivity (Wildman–Crippen MR) is 70.9 cm³/mol. The number of aryl methyl sites for hydroxylation is 2. The molecule has 2 aromatic rings. The van der Waals surface area contributed by atoms with E-state index in [2.05, 4.69) is 15.3 Å². The van der Waals surface area contributed by atoms with Crippen LogP contribution < -0.4 is 5.32 Å². The van der Waals surface area contributed by atoms with Gasteiger partial charge in [0.15, 0.2) is 0 Å². The van der Waals surface area contributed by atoms with Crippen molar-refractivity contribution < 1.29 is 13.6 Å². The van der Waals surface area contributed by atoms with E-state index in [1.54, 1.807) is 12.1 Å². The van der Waals surface area contributed by atoms with Crippen LogP contribution in [0.5, 0.6) is 0 Å². The predicted octanol–water partition coefficient (Wildman–Crippen LogP) is 3.28. The van der Waals surface area contributed by atoms with Gasteiger partial charge in [-0.1, -0.05) is 18.2 Å². The van der Waals surface area contributed by atoms with Crippen LogP contribution >= 0.6 is 0 Å². The van der Waals surface area contributed by atoms with E-state index in [0.29, 0.717) is 5.69 Å². The van der Waals surface area contributed by atoms with Crippen LogP contribution in [0, 0.1) is 13.8 Å². The molecule has 0 radical (unpaired) electrons. The maximum absolute atomic E-state index is 12.7. The summed E-state index contributed by atoms with van der Waals surface area (Å²) in [4.78, 5) is 19.5. The van der Waals surface area contributed by atoms with Crippen molar-refractivity contribution in [3.8, 4) is 0 Å². The molecule has 1 heterocycles. The van der Waals surface area contributed by atoms with E-state index in [1.165, 1.54) is 6.92 Å². The van der Waals surface area contributed by atoms with Crippen LogP contribution in [0.3, 0.4) is 0 Å². The van der Waals surface area contributed by atoms with Gasteiger partial charge in [0.1, 0.15) is 17.2 Å². The van der Waals surface area contributed by atoms with Gasteiger partial charge in [0.2, 0.25) is 0 Å². The molecule has 1 aromatic carbocycles. The van der Waals surface area contributed by atoms with Gasteiger partial charge in [0, 0.05) is 5.69 Å². The smallest absolute Gasteiger partial charge is 0.280 e. The highest BCUT2D eigenvalue weighted by Crippen LogP contribution is 2.18. The molecule has 0 bridgehead atoms. The molecule has 1 aromatic heterocycles. The molecule has 0 aliphatic rings. The zero-order valence-electron chi connectivity index (χ0n) is 11.0. The molecule has 0 saturated carbocycles. The highest BCUT2D eigenvalue weighted by molar-refractivity contribution is 6.03. The Morgan fingerprint density at radius 2 is 1.90 bits per heavy atom. The Labute approximate surface area is 114 Å². The van der Waals surface area contributed by atoms with Gasteiger partial charge in [-0.25, -0.2) is 18.7 Å². The Morgan fingerprint density at radius 1 is 1.20 bits per heavy atom. The number of carbonyl (C=O) groups is 1. The molecule has 6 heteroatoms. The molecular formula is C14H13F2N3O. The molecule has 104 valence electrons. The van der Waals surface area contributed by atoms with Crippen molar-refractivity contribution in [1.29, 1.82) is 0 Å². The summed E-state index contributed by atoms with van der Waals surface area (Å²) in [7, 11) is 0. The molecule has 0 saturated heterocycles. The lowest BCUT2D eigenvalue weighted by atomic mass is 10.2. The first kappa shape index (κ1) is 14.0. The van der Waals surface area contributed by atoms with E-state index in [9.17, 15) is 13.6 Å². The fourth-order valence-electron chi connectivity index (χ4n) is 1.72. The number of nitrogens with zero attached hydrogens (tertiary/aromatic N) is 2. The first-order valence-electron chi connectivity index (χ1n) is 5.98. The second kappa shape index (κ2) is 5.73. The molecule has 0 aliphatic carbocycles. The minimum atomic E-state index is -2.73. The summed E-state index contributed by atoms with van der Waals surface area (Å²) in [6.07, 6.45) is -2.73. The molecular weight excluding hydrogens is 264 g/mol. The molecule has 0 unspecified atom stereocenters. The van der Waals surface area contributed by atoms with Crippen molar-refractivity contribution in [2.45, 2.75) is 20.3 Å². The fraction of sp³-hybridized carbons (Fsp3) is 0.214. The summed E-state index contributed by atoms with van der Waals surface area (Å²) >= 11 is 0. The first-order valence-corrected chi connectivity index (χ1v) is 5.98. The summed E-state index contributed by atoms with van der Waals surface area (Å²) in [5.41, 5.74) is 0.969. The number of hydrogen-bond acceptors (Lipinski definition) is 3. The molecule has 20 heavy (non-hydrogen) atoms. The van der Waals surface area contributed by atoms with Crippen LogP contribution in [-0.4, -0.2) is 15.9 Å². The minimum absolute atomic E-state index is 0.0731. The highest BCUT2D eigenvalue weighted by Gasteiger charge is 2.16. The molecule has 0 aliphatic heterocycles.